The molecule has 2 rings (SSSR count). The lowest BCUT2D eigenvalue weighted by molar-refractivity contribution is 0.173. The number of rotatable bonds is 4. The van der Waals surface area contributed by atoms with Crippen LogP contribution in [0.25, 0.3) is 0 Å². The van der Waals surface area contributed by atoms with E-state index in [1.165, 1.54) is 0 Å². The van der Waals surface area contributed by atoms with Gasteiger partial charge in [0.2, 0.25) is 6.79 Å². The summed E-state index contributed by atoms with van der Waals surface area (Å²) in [5, 5.41) is 6.17. The van der Waals surface area contributed by atoms with Gasteiger partial charge in [-0.05, 0) is 13.0 Å². The monoisotopic (exact) mass is 259 g/mol. The topological polar surface area (TPSA) is 54.9 Å². The van der Waals surface area contributed by atoms with Crippen LogP contribution in [0.15, 0.2) is 23.2 Å². The number of hydrogen-bond acceptors (Lipinski definition) is 3. The Morgan fingerprint density at radius 3 is 3.11 bits per heavy atom. The first-order valence-electron chi connectivity index (χ1n) is 6.18. The fourth-order valence-electron chi connectivity index (χ4n) is 1.76. The van der Waals surface area contributed by atoms with Gasteiger partial charge in [-0.2, -0.15) is 0 Å². The van der Waals surface area contributed by atoms with E-state index in [0.29, 0.717) is 19.0 Å². The van der Waals surface area contributed by atoms with Gasteiger partial charge >= 0.3 is 0 Å². The molecule has 1 heterocycles. The van der Waals surface area contributed by atoms with Gasteiger partial charge in [0.1, 0.15) is 0 Å². The van der Waals surface area contributed by atoms with Crippen LogP contribution in [0, 0.1) is 12.3 Å². The molecule has 5 heteroatoms. The molecule has 1 aromatic rings. The highest BCUT2D eigenvalue weighted by molar-refractivity contribution is 5.80. The van der Waals surface area contributed by atoms with Gasteiger partial charge in [0.05, 0.1) is 13.1 Å². The molecular formula is C14H17N3O2. The minimum atomic E-state index is 0.269. The third-order valence-corrected chi connectivity index (χ3v) is 2.59. The summed E-state index contributed by atoms with van der Waals surface area (Å²) >= 11 is 0. The molecule has 0 spiro atoms. The number of nitrogens with one attached hydrogen (secondary N) is 2. The van der Waals surface area contributed by atoms with Crippen molar-refractivity contribution in [2.45, 2.75) is 13.5 Å². The number of terminal acetylenes is 1. The van der Waals surface area contributed by atoms with Crippen molar-refractivity contribution in [3.63, 3.8) is 0 Å². The number of para-hydroxylation sites is 1. The van der Waals surface area contributed by atoms with E-state index in [1.807, 2.05) is 25.1 Å². The second-order valence-electron chi connectivity index (χ2n) is 3.90. The molecule has 2 N–H and O–H groups in total. The number of benzene rings is 1. The normalized spacial score (nSPS) is 12.9. The van der Waals surface area contributed by atoms with Crippen LogP contribution in [0.4, 0.5) is 0 Å². The van der Waals surface area contributed by atoms with Gasteiger partial charge < -0.3 is 20.1 Å². The predicted molar refractivity (Wildman–Crippen MR) is 74.2 cm³/mol. The highest BCUT2D eigenvalue weighted by Crippen LogP contribution is 2.35. The minimum absolute atomic E-state index is 0.269. The van der Waals surface area contributed by atoms with Gasteiger partial charge in [-0.25, -0.2) is 4.99 Å². The Morgan fingerprint density at radius 2 is 2.32 bits per heavy atom. The van der Waals surface area contributed by atoms with Crippen LogP contribution in [0.3, 0.4) is 0 Å². The first kappa shape index (κ1) is 13.1. The van der Waals surface area contributed by atoms with Crippen molar-refractivity contribution >= 4 is 5.96 Å². The van der Waals surface area contributed by atoms with Gasteiger partial charge in [0, 0.05) is 12.1 Å². The fourth-order valence-corrected chi connectivity index (χ4v) is 1.76. The third kappa shape index (κ3) is 3.32. The lowest BCUT2D eigenvalue weighted by atomic mass is 10.2. The van der Waals surface area contributed by atoms with E-state index in [1.54, 1.807) is 0 Å². The third-order valence-electron chi connectivity index (χ3n) is 2.59. The molecule has 1 aromatic carbocycles. The Bertz CT molecular complexity index is 506. The maximum atomic E-state index is 5.44. The second kappa shape index (κ2) is 6.55. The van der Waals surface area contributed by atoms with Crippen molar-refractivity contribution < 1.29 is 9.47 Å². The molecule has 0 amide bonds. The van der Waals surface area contributed by atoms with Crippen LogP contribution in [-0.2, 0) is 6.54 Å². The van der Waals surface area contributed by atoms with Crippen molar-refractivity contribution in [3.8, 4) is 23.8 Å². The first-order chi connectivity index (χ1) is 9.35. The van der Waals surface area contributed by atoms with Gasteiger partial charge in [-0.3, -0.25) is 0 Å². The van der Waals surface area contributed by atoms with E-state index in [4.69, 9.17) is 15.9 Å². The predicted octanol–water partition coefficient (Wildman–Crippen LogP) is 1.10. The molecule has 0 fully saturated rings. The SMILES string of the molecule is C#CCNC(=NCc1cccc2c1OCO2)NCC. The molecule has 100 valence electrons. The van der Waals surface area contributed by atoms with Gasteiger partial charge in [0.25, 0.3) is 0 Å². The zero-order valence-electron chi connectivity index (χ0n) is 10.9. The molecule has 0 aromatic heterocycles. The summed E-state index contributed by atoms with van der Waals surface area (Å²) in [7, 11) is 0. The maximum absolute atomic E-state index is 5.44. The quantitative estimate of drug-likeness (QED) is 0.483. The Balaban J connectivity index is 2.07. The van der Waals surface area contributed by atoms with Crippen molar-refractivity contribution in [2.75, 3.05) is 19.9 Å². The van der Waals surface area contributed by atoms with E-state index < -0.39 is 0 Å². The molecule has 1 aliphatic heterocycles. The van der Waals surface area contributed by atoms with Crippen molar-refractivity contribution in [1.82, 2.24) is 10.6 Å². The van der Waals surface area contributed by atoms with Crippen LogP contribution in [0.1, 0.15) is 12.5 Å². The molecule has 1 aliphatic rings. The van der Waals surface area contributed by atoms with E-state index >= 15 is 0 Å². The molecule has 0 bridgehead atoms. The number of fused-ring (bicyclic) bond motifs is 1. The van der Waals surface area contributed by atoms with Gasteiger partial charge in [-0.1, -0.05) is 18.1 Å². The first-order valence-corrected chi connectivity index (χ1v) is 6.18. The molecule has 0 radical (unpaired) electrons. The molecule has 5 nitrogen and oxygen atoms in total. The fraction of sp³-hybridized carbons (Fsp3) is 0.357. The van der Waals surface area contributed by atoms with Gasteiger partial charge in [-0.15, -0.1) is 6.42 Å². The highest BCUT2D eigenvalue weighted by atomic mass is 16.7. The summed E-state index contributed by atoms with van der Waals surface area (Å²) in [5.41, 5.74) is 0.993. The standard InChI is InChI=1S/C14H17N3O2/c1-3-8-16-14(15-4-2)17-9-11-6-5-7-12-13(11)19-10-18-12/h1,5-7H,4,8-10H2,2H3,(H2,15,16,17). The molecule has 0 aliphatic carbocycles. The maximum Gasteiger partial charge on any atom is 0.231 e. The number of hydrogen-bond donors (Lipinski definition) is 2. The summed E-state index contributed by atoms with van der Waals surface area (Å²) in [6.07, 6.45) is 5.22. The number of aliphatic imine (C=N–C) groups is 1. The van der Waals surface area contributed by atoms with Crippen LogP contribution in [-0.4, -0.2) is 25.8 Å². The van der Waals surface area contributed by atoms with E-state index in [2.05, 4.69) is 21.5 Å². The summed E-state index contributed by atoms with van der Waals surface area (Å²) in [5.74, 6) is 4.76. The molecule has 0 unspecified atom stereocenters. The van der Waals surface area contributed by atoms with Crippen LogP contribution < -0.4 is 20.1 Å². The van der Waals surface area contributed by atoms with E-state index in [-0.39, 0.29) is 6.79 Å². The molecule has 0 saturated carbocycles. The lowest BCUT2D eigenvalue weighted by Gasteiger charge is -2.09. The number of nitrogens with zero attached hydrogens (tertiary/aromatic N) is 1. The zero-order chi connectivity index (χ0) is 13.5. The Hall–Kier alpha value is -2.35. The van der Waals surface area contributed by atoms with Gasteiger partial charge in [0.15, 0.2) is 17.5 Å². The van der Waals surface area contributed by atoms with E-state index in [0.717, 1.165) is 23.6 Å². The van der Waals surface area contributed by atoms with E-state index in [9.17, 15) is 0 Å². The smallest absolute Gasteiger partial charge is 0.231 e. The summed E-state index contributed by atoms with van der Waals surface area (Å²) in [6.45, 7) is 4.00. The van der Waals surface area contributed by atoms with Crippen molar-refractivity contribution in [2.24, 2.45) is 4.99 Å². The minimum Gasteiger partial charge on any atom is -0.454 e. The Kier molecular flexibility index (Phi) is 4.51. The molecule has 19 heavy (non-hydrogen) atoms. The van der Waals surface area contributed by atoms with Crippen LogP contribution >= 0.6 is 0 Å². The summed E-state index contributed by atoms with van der Waals surface area (Å²) in [6, 6.07) is 5.79. The van der Waals surface area contributed by atoms with Crippen molar-refractivity contribution in [3.05, 3.63) is 23.8 Å². The Morgan fingerprint density at radius 1 is 1.42 bits per heavy atom. The summed E-state index contributed by atoms with van der Waals surface area (Å²) < 4.78 is 10.8. The molecule has 0 atom stereocenters. The molecule has 0 saturated heterocycles. The lowest BCUT2D eigenvalue weighted by Crippen LogP contribution is -2.37. The highest BCUT2D eigenvalue weighted by Gasteiger charge is 2.16. The van der Waals surface area contributed by atoms with Crippen LogP contribution in [0.5, 0.6) is 11.5 Å². The average molecular weight is 259 g/mol. The largest absolute Gasteiger partial charge is 0.454 e. The number of ether oxygens (including phenoxy) is 2. The average Bonchev–Trinajstić information content (AvgIpc) is 2.90. The second-order valence-corrected chi connectivity index (χ2v) is 3.90. The number of guanidine groups is 1. The zero-order valence-corrected chi connectivity index (χ0v) is 10.9. The van der Waals surface area contributed by atoms with Crippen molar-refractivity contribution in [1.29, 1.82) is 0 Å². The Labute approximate surface area is 113 Å². The van der Waals surface area contributed by atoms with Crippen LogP contribution in [0.2, 0.25) is 0 Å². The summed E-state index contributed by atoms with van der Waals surface area (Å²) in [4.78, 5) is 4.46. The molecular weight excluding hydrogens is 242 g/mol.